The van der Waals surface area contributed by atoms with Gasteiger partial charge in [0.05, 0.1) is 6.10 Å². The Morgan fingerprint density at radius 3 is 2.26 bits per heavy atom. The van der Waals surface area contributed by atoms with Crippen molar-refractivity contribution in [1.29, 1.82) is 0 Å². The van der Waals surface area contributed by atoms with Gasteiger partial charge in [-0.3, -0.25) is 0 Å². The molecule has 1 aromatic carbocycles. The van der Waals surface area contributed by atoms with Crippen LogP contribution in [-0.2, 0) is 0 Å². The lowest BCUT2D eigenvalue weighted by molar-refractivity contribution is 0.122. The first-order valence-electron chi connectivity index (χ1n) is 6.56. The summed E-state index contributed by atoms with van der Waals surface area (Å²) in [6.07, 6.45) is -0.450. The van der Waals surface area contributed by atoms with E-state index in [1.54, 1.807) is 6.92 Å². The molecule has 0 aliphatic carbocycles. The zero-order valence-corrected chi connectivity index (χ0v) is 12.0. The summed E-state index contributed by atoms with van der Waals surface area (Å²) >= 11 is 0. The summed E-state index contributed by atoms with van der Waals surface area (Å²) in [6.45, 7) is 8.31. The molecule has 0 spiro atoms. The monoisotopic (exact) mass is 259 g/mol. The molecule has 19 heavy (non-hydrogen) atoms. The molecule has 1 atom stereocenters. The molecule has 3 nitrogen and oxygen atoms in total. The zero-order chi connectivity index (χ0) is 14.0. The van der Waals surface area contributed by atoms with Gasteiger partial charge in [0.15, 0.2) is 0 Å². The molecule has 0 bridgehead atoms. The van der Waals surface area contributed by atoms with Gasteiger partial charge in [0.25, 0.3) is 0 Å². The van der Waals surface area contributed by atoms with E-state index in [9.17, 15) is 5.11 Å². The molecule has 1 heterocycles. The van der Waals surface area contributed by atoms with Gasteiger partial charge in [0, 0.05) is 17.1 Å². The normalized spacial score (nSPS) is 12.5. The number of aryl methyl sites for hydroxylation is 3. The van der Waals surface area contributed by atoms with Crippen molar-refractivity contribution in [3.05, 3.63) is 47.3 Å². The Labute approximate surface area is 114 Å². The van der Waals surface area contributed by atoms with Crippen LogP contribution in [0.25, 0.3) is 5.69 Å². The Morgan fingerprint density at radius 1 is 1.11 bits per heavy atom. The van der Waals surface area contributed by atoms with E-state index in [2.05, 4.69) is 43.5 Å². The molecule has 0 saturated heterocycles. The predicted octanol–water partition coefficient (Wildman–Crippen LogP) is 3.16. The second-order valence-corrected chi connectivity index (χ2v) is 5.06. The molecule has 3 heteroatoms. The van der Waals surface area contributed by atoms with E-state index in [0.29, 0.717) is 6.61 Å². The quantitative estimate of drug-likeness (QED) is 0.915. The molecule has 1 aromatic heterocycles. The molecule has 2 rings (SSSR count). The average Bonchev–Trinajstić information content (AvgIpc) is 2.67. The van der Waals surface area contributed by atoms with Crippen LogP contribution in [0.3, 0.4) is 0 Å². The summed E-state index contributed by atoms with van der Waals surface area (Å²) in [5, 5.41) is 9.23. The molecule has 0 radical (unpaired) electrons. The number of aliphatic hydroxyl groups excluding tert-OH is 1. The van der Waals surface area contributed by atoms with E-state index in [-0.39, 0.29) is 0 Å². The number of hydrogen-bond donors (Lipinski definition) is 1. The lowest BCUT2D eigenvalue weighted by Gasteiger charge is -2.15. The van der Waals surface area contributed by atoms with Gasteiger partial charge in [-0.2, -0.15) is 0 Å². The smallest absolute Gasteiger partial charge is 0.119 e. The van der Waals surface area contributed by atoms with Crippen LogP contribution >= 0.6 is 0 Å². The highest BCUT2D eigenvalue weighted by molar-refractivity contribution is 5.47. The maximum atomic E-state index is 9.23. The minimum Gasteiger partial charge on any atom is -0.491 e. The first-order chi connectivity index (χ1) is 8.99. The number of hydrogen-bond acceptors (Lipinski definition) is 2. The SMILES string of the molecule is Cc1cc(OCC(C)O)ccc1-n1c(C)ccc1C. The Kier molecular flexibility index (Phi) is 3.96. The van der Waals surface area contributed by atoms with Crippen LogP contribution < -0.4 is 4.74 Å². The van der Waals surface area contributed by atoms with Crippen LogP contribution in [-0.4, -0.2) is 22.4 Å². The van der Waals surface area contributed by atoms with Crippen LogP contribution in [0.15, 0.2) is 30.3 Å². The summed E-state index contributed by atoms with van der Waals surface area (Å²) < 4.78 is 7.75. The fraction of sp³-hybridized carbons (Fsp3) is 0.375. The summed E-state index contributed by atoms with van der Waals surface area (Å²) in [6, 6.07) is 10.3. The van der Waals surface area contributed by atoms with Crippen LogP contribution in [0.5, 0.6) is 5.75 Å². The highest BCUT2D eigenvalue weighted by Crippen LogP contribution is 2.24. The van der Waals surface area contributed by atoms with Crippen molar-refractivity contribution >= 4 is 0 Å². The third-order valence-corrected chi connectivity index (χ3v) is 3.17. The number of benzene rings is 1. The highest BCUT2D eigenvalue weighted by Gasteiger charge is 2.08. The molecular formula is C16H21NO2. The van der Waals surface area contributed by atoms with E-state index >= 15 is 0 Å². The molecule has 0 amide bonds. The summed E-state index contributed by atoms with van der Waals surface area (Å²) in [5.74, 6) is 0.796. The molecule has 0 saturated carbocycles. The van der Waals surface area contributed by atoms with Crippen molar-refractivity contribution in [1.82, 2.24) is 4.57 Å². The van der Waals surface area contributed by atoms with Gasteiger partial charge in [-0.1, -0.05) is 0 Å². The lowest BCUT2D eigenvalue weighted by atomic mass is 10.2. The molecule has 1 N–H and O–H groups in total. The van der Waals surface area contributed by atoms with Crippen molar-refractivity contribution in [3.8, 4) is 11.4 Å². The van der Waals surface area contributed by atoms with Gasteiger partial charge >= 0.3 is 0 Å². The standard InChI is InChI=1S/C16H21NO2/c1-11-9-15(19-10-14(4)18)7-8-16(11)17-12(2)5-6-13(17)3/h5-9,14,18H,10H2,1-4H3. The lowest BCUT2D eigenvalue weighted by Crippen LogP contribution is -2.13. The van der Waals surface area contributed by atoms with Crippen molar-refractivity contribution in [2.45, 2.75) is 33.8 Å². The van der Waals surface area contributed by atoms with Gasteiger partial charge in [-0.15, -0.1) is 0 Å². The fourth-order valence-electron chi connectivity index (χ4n) is 2.23. The second-order valence-electron chi connectivity index (χ2n) is 5.06. The van der Waals surface area contributed by atoms with Crippen molar-refractivity contribution in [2.24, 2.45) is 0 Å². The Morgan fingerprint density at radius 2 is 1.74 bits per heavy atom. The van der Waals surface area contributed by atoms with Crippen LogP contribution in [0.2, 0.25) is 0 Å². The minimum atomic E-state index is -0.450. The fourth-order valence-corrected chi connectivity index (χ4v) is 2.23. The van der Waals surface area contributed by atoms with Gasteiger partial charge < -0.3 is 14.4 Å². The van der Waals surface area contributed by atoms with Gasteiger partial charge in [0.1, 0.15) is 12.4 Å². The first kappa shape index (κ1) is 13.7. The number of ether oxygens (including phenoxy) is 1. The predicted molar refractivity (Wildman–Crippen MR) is 77.2 cm³/mol. The highest BCUT2D eigenvalue weighted by atomic mass is 16.5. The largest absolute Gasteiger partial charge is 0.491 e. The Bertz CT molecular complexity index is 551. The molecule has 2 aromatic rings. The topological polar surface area (TPSA) is 34.4 Å². The van der Waals surface area contributed by atoms with E-state index in [1.165, 1.54) is 17.1 Å². The Balaban J connectivity index is 2.30. The minimum absolute atomic E-state index is 0.320. The van der Waals surface area contributed by atoms with Crippen LogP contribution in [0.4, 0.5) is 0 Å². The zero-order valence-electron chi connectivity index (χ0n) is 12.0. The Hall–Kier alpha value is -1.74. The van der Waals surface area contributed by atoms with Crippen LogP contribution in [0, 0.1) is 20.8 Å². The third kappa shape index (κ3) is 2.99. The van der Waals surface area contributed by atoms with E-state index in [4.69, 9.17) is 4.74 Å². The molecule has 1 unspecified atom stereocenters. The van der Waals surface area contributed by atoms with Crippen molar-refractivity contribution in [2.75, 3.05) is 6.61 Å². The van der Waals surface area contributed by atoms with Crippen molar-refractivity contribution < 1.29 is 9.84 Å². The first-order valence-corrected chi connectivity index (χ1v) is 6.56. The van der Waals surface area contributed by atoms with Gasteiger partial charge in [-0.05, 0) is 63.6 Å². The second kappa shape index (κ2) is 5.49. The molecule has 0 fully saturated rings. The maximum absolute atomic E-state index is 9.23. The molecule has 102 valence electrons. The number of aliphatic hydroxyl groups is 1. The van der Waals surface area contributed by atoms with Gasteiger partial charge in [-0.25, -0.2) is 0 Å². The summed E-state index contributed by atoms with van der Waals surface area (Å²) in [7, 11) is 0. The molecular weight excluding hydrogens is 238 g/mol. The van der Waals surface area contributed by atoms with Crippen molar-refractivity contribution in [3.63, 3.8) is 0 Å². The van der Waals surface area contributed by atoms with E-state index < -0.39 is 6.10 Å². The number of aromatic nitrogens is 1. The number of nitrogens with zero attached hydrogens (tertiary/aromatic N) is 1. The summed E-state index contributed by atoms with van der Waals surface area (Å²) in [5.41, 5.74) is 4.77. The van der Waals surface area contributed by atoms with Crippen LogP contribution in [0.1, 0.15) is 23.9 Å². The van der Waals surface area contributed by atoms with E-state index in [1.807, 2.05) is 12.1 Å². The van der Waals surface area contributed by atoms with E-state index in [0.717, 1.165) is 11.3 Å². The average molecular weight is 259 g/mol. The summed E-state index contributed by atoms with van der Waals surface area (Å²) in [4.78, 5) is 0. The molecule has 0 aliphatic heterocycles. The third-order valence-electron chi connectivity index (χ3n) is 3.17. The number of rotatable bonds is 4. The van der Waals surface area contributed by atoms with Gasteiger partial charge in [0.2, 0.25) is 0 Å². The maximum Gasteiger partial charge on any atom is 0.119 e. The molecule has 0 aliphatic rings.